The van der Waals surface area contributed by atoms with Crippen LogP contribution in [0.4, 0.5) is 11.4 Å². The Labute approximate surface area is 225 Å². The zero-order valence-corrected chi connectivity index (χ0v) is 23.7. The molecule has 5 atom stereocenters. The first-order valence-electron chi connectivity index (χ1n) is 13.0. The van der Waals surface area contributed by atoms with Crippen LogP contribution in [0.15, 0.2) is 55.1 Å². The number of hydrogen-bond acceptors (Lipinski definition) is 6. The van der Waals surface area contributed by atoms with Crippen molar-refractivity contribution in [2.24, 2.45) is 5.92 Å². The van der Waals surface area contributed by atoms with Crippen molar-refractivity contribution in [2.45, 2.75) is 56.7 Å². The third kappa shape index (κ3) is 4.47. The Morgan fingerprint density at radius 2 is 1.97 bits per heavy atom. The summed E-state index contributed by atoms with van der Waals surface area (Å²) in [7, 11) is -0.630. The van der Waals surface area contributed by atoms with Crippen molar-refractivity contribution < 1.29 is 29.3 Å². The fourth-order valence-electron chi connectivity index (χ4n) is 6.35. The van der Waals surface area contributed by atoms with Gasteiger partial charge in [-0.2, -0.15) is 0 Å². The van der Waals surface area contributed by atoms with Gasteiger partial charge in [0, 0.05) is 30.3 Å². The molecule has 2 aliphatic heterocycles. The number of anilines is 2. The number of benzene rings is 2. The lowest BCUT2D eigenvalue weighted by molar-refractivity contribution is -0.146. The zero-order valence-electron chi connectivity index (χ0n) is 22.7. The minimum atomic E-state index is -2.27. The monoisotopic (exact) mass is 538 g/mol. The minimum Gasteiger partial charge on any atom is -0.497 e. The van der Waals surface area contributed by atoms with Crippen molar-refractivity contribution in [3.8, 4) is 5.75 Å². The van der Waals surface area contributed by atoms with Crippen molar-refractivity contribution in [2.75, 3.05) is 30.5 Å². The quantitative estimate of drug-likeness (QED) is 0.334. The molecule has 1 saturated heterocycles. The average molecular weight is 539 g/mol. The Bertz CT molecular complexity index is 1210. The van der Waals surface area contributed by atoms with Gasteiger partial charge in [0.2, 0.25) is 0 Å². The number of amides is 2. The number of methoxy groups -OCH3 is 1. The van der Waals surface area contributed by atoms with E-state index in [4.69, 9.17) is 9.47 Å². The Balaban J connectivity index is 1.84. The Morgan fingerprint density at radius 1 is 1.29 bits per heavy atom. The molecule has 2 heterocycles. The normalized spacial score (nSPS) is 25.4. The first-order chi connectivity index (χ1) is 18.0. The van der Waals surface area contributed by atoms with Crippen LogP contribution in [0, 0.1) is 5.92 Å². The maximum Gasteiger partial charge on any atom is 0.264 e. The van der Waals surface area contributed by atoms with Crippen LogP contribution in [0.2, 0.25) is 18.6 Å². The molecule has 0 saturated carbocycles. The average Bonchev–Trinajstić information content (AvgIpc) is 3.31. The lowest BCUT2D eigenvalue weighted by atomic mass is 9.82. The van der Waals surface area contributed by atoms with Crippen LogP contribution in [0.3, 0.4) is 0 Å². The van der Waals surface area contributed by atoms with Gasteiger partial charge in [-0.1, -0.05) is 43.4 Å². The van der Waals surface area contributed by atoms with Gasteiger partial charge in [0.25, 0.3) is 11.8 Å². The number of nitrogens with one attached hydrogen (secondary N) is 1. The molecule has 2 aromatic carbocycles. The van der Waals surface area contributed by atoms with Gasteiger partial charge < -0.3 is 29.9 Å². The molecule has 0 aromatic heterocycles. The number of aliphatic hydroxyl groups is 2. The van der Waals surface area contributed by atoms with E-state index in [9.17, 15) is 19.8 Å². The van der Waals surface area contributed by atoms with Crippen molar-refractivity contribution in [3.63, 3.8) is 0 Å². The summed E-state index contributed by atoms with van der Waals surface area (Å²) in [5, 5.41) is 23.6. The molecular weight excluding hydrogens is 500 g/mol. The highest BCUT2D eigenvalue weighted by molar-refractivity contribution is 6.91. The van der Waals surface area contributed by atoms with Crippen LogP contribution in [-0.2, 0) is 19.9 Å². The van der Waals surface area contributed by atoms with Crippen molar-refractivity contribution >= 4 is 36.4 Å². The second kappa shape index (κ2) is 10.6. The van der Waals surface area contributed by atoms with Gasteiger partial charge in [-0.25, -0.2) is 0 Å². The van der Waals surface area contributed by atoms with Gasteiger partial charge in [-0.15, -0.1) is 6.58 Å². The number of rotatable bonds is 9. The molecule has 38 heavy (non-hydrogen) atoms. The van der Waals surface area contributed by atoms with Crippen LogP contribution in [0.5, 0.6) is 5.75 Å². The van der Waals surface area contributed by atoms with E-state index >= 15 is 0 Å². The van der Waals surface area contributed by atoms with Crippen molar-refractivity contribution in [3.05, 3.63) is 60.7 Å². The van der Waals surface area contributed by atoms with Gasteiger partial charge in [0.05, 0.1) is 27.0 Å². The second-order valence-corrected chi connectivity index (χ2v) is 15.5. The van der Waals surface area contributed by atoms with E-state index in [0.29, 0.717) is 29.9 Å². The van der Waals surface area contributed by atoms with Crippen molar-refractivity contribution in [1.82, 2.24) is 0 Å². The maximum absolute atomic E-state index is 14.2. The molecule has 3 N–H and O–H groups in total. The third-order valence-corrected chi connectivity index (χ3v) is 12.6. The molecule has 1 spiro atoms. The van der Waals surface area contributed by atoms with Crippen LogP contribution in [-0.4, -0.2) is 62.6 Å². The van der Waals surface area contributed by atoms with Gasteiger partial charge >= 0.3 is 0 Å². The van der Waals surface area contributed by atoms with E-state index in [1.165, 1.54) is 12.1 Å². The molecule has 2 aliphatic rings. The first-order valence-corrected chi connectivity index (χ1v) is 16.1. The fraction of sp³-hybridized carbons (Fsp3) is 0.448. The van der Waals surface area contributed by atoms with Crippen LogP contribution in [0.1, 0.15) is 25.8 Å². The van der Waals surface area contributed by atoms with E-state index in [0.717, 1.165) is 5.75 Å². The first kappa shape index (κ1) is 28.0. The van der Waals surface area contributed by atoms with Crippen LogP contribution in [0.25, 0.3) is 0 Å². The van der Waals surface area contributed by atoms with Gasteiger partial charge in [0.1, 0.15) is 11.9 Å². The molecule has 0 radical (unpaired) electrons. The predicted molar refractivity (Wildman–Crippen MR) is 151 cm³/mol. The highest BCUT2D eigenvalue weighted by Gasteiger charge is 2.66. The molecule has 1 fully saturated rings. The van der Waals surface area contributed by atoms with Crippen molar-refractivity contribution in [1.29, 1.82) is 0 Å². The lowest BCUT2D eigenvalue weighted by Gasteiger charge is -2.37. The molecule has 2 amide bonds. The summed E-state index contributed by atoms with van der Waals surface area (Å²) in [6.07, 6.45) is 0.580. The Hall–Kier alpha value is -2.98. The highest BCUT2D eigenvalue weighted by Crippen LogP contribution is 2.60. The number of hydrogen-bond donors (Lipinski definition) is 3. The topological polar surface area (TPSA) is 108 Å². The molecule has 2 aromatic rings. The van der Waals surface area contributed by atoms with Gasteiger partial charge in [-0.05, 0) is 49.2 Å². The number of aliphatic hydroxyl groups excluding tert-OH is 2. The summed E-state index contributed by atoms with van der Waals surface area (Å²) in [5.74, 6) is -0.129. The van der Waals surface area contributed by atoms with Crippen LogP contribution >= 0.6 is 0 Å². The molecule has 0 bridgehead atoms. The SMILES string of the molecule is C=CCN1C(=O)[C@@]2(O[C@@H](CCO)[C@H]([Si](C)(C)c3ccc(OC)cc3)[C@H]2C)c2cc(NC(=O)[C@H](C)O)ccc21. The molecule has 8 nitrogen and oxygen atoms in total. The third-order valence-electron chi connectivity index (χ3n) is 8.21. The summed E-state index contributed by atoms with van der Waals surface area (Å²) in [5.41, 5.74) is 0.617. The number of carbonyl (C=O) groups excluding carboxylic acids is 2. The highest BCUT2D eigenvalue weighted by atomic mass is 28.3. The zero-order chi connectivity index (χ0) is 27.8. The lowest BCUT2D eigenvalue weighted by Crippen LogP contribution is -2.51. The Kier molecular flexibility index (Phi) is 7.85. The van der Waals surface area contributed by atoms with E-state index in [1.54, 1.807) is 36.3 Å². The summed E-state index contributed by atoms with van der Waals surface area (Å²) >= 11 is 0. The number of nitrogens with zero attached hydrogens (tertiary/aromatic N) is 1. The summed E-state index contributed by atoms with van der Waals surface area (Å²) in [6.45, 7) is 12.1. The van der Waals surface area contributed by atoms with Gasteiger partial charge in [0.15, 0.2) is 5.60 Å². The van der Waals surface area contributed by atoms with E-state index < -0.39 is 25.7 Å². The number of carbonyl (C=O) groups is 2. The Morgan fingerprint density at radius 3 is 2.55 bits per heavy atom. The maximum atomic E-state index is 14.2. The van der Waals surface area contributed by atoms with E-state index in [1.807, 2.05) is 12.1 Å². The predicted octanol–water partition coefficient (Wildman–Crippen LogP) is 3.15. The van der Waals surface area contributed by atoms with Crippen LogP contribution < -0.4 is 20.1 Å². The van der Waals surface area contributed by atoms with E-state index in [-0.39, 0.29) is 30.1 Å². The fourth-order valence-corrected chi connectivity index (χ4v) is 10.4. The largest absolute Gasteiger partial charge is 0.497 e. The number of fused-ring (bicyclic) bond motifs is 2. The molecule has 4 rings (SSSR count). The standard InChI is InChI=1S/C29H38N2O6Si/c1-7-15-31-24-13-8-20(30-27(34)19(3)33)17-23(24)29(28(31)35)18(2)26(25(37-29)14-16-32)38(5,6)22-11-9-21(36-4)10-12-22/h7-13,17-19,25-26,32-33H,1,14-16H2,2-6H3,(H,30,34)/t18-,19+,25+,26-,29+/m1/s1. The summed E-state index contributed by atoms with van der Waals surface area (Å²) < 4.78 is 12.2. The molecule has 204 valence electrons. The number of ether oxygens (including phenoxy) is 2. The molecule has 0 unspecified atom stereocenters. The molecule has 9 heteroatoms. The second-order valence-electron chi connectivity index (χ2n) is 10.8. The smallest absolute Gasteiger partial charge is 0.264 e. The summed E-state index contributed by atoms with van der Waals surface area (Å²) in [6, 6.07) is 13.4. The molecule has 0 aliphatic carbocycles. The molecular formula is C29H38N2O6Si. The van der Waals surface area contributed by atoms with Gasteiger partial charge in [-0.3, -0.25) is 9.59 Å². The van der Waals surface area contributed by atoms with E-state index in [2.05, 4.69) is 44.0 Å². The summed E-state index contributed by atoms with van der Waals surface area (Å²) in [4.78, 5) is 28.1. The minimum absolute atomic E-state index is 0.0132.